The van der Waals surface area contributed by atoms with E-state index in [9.17, 15) is 4.79 Å². The minimum atomic E-state index is -0.314. The van der Waals surface area contributed by atoms with E-state index in [0.717, 1.165) is 51.2 Å². The lowest BCUT2D eigenvalue weighted by Gasteiger charge is -2.31. The molecular formula is C23H39IN4O2. The highest BCUT2D eigenvalue weighted by atomic mass is 127. The Labute approximate surface area is 199 Å². The fourth-order valence-electron chi connectivity index (χ4n) is 3.93. The average molecular weight is 530 g/mol. The Hall–Kier alpha value is -1.35. The molecule has 1 amide bonds. The molecule has 30 heavy (non-hydrogen) atoms. The number of aliphatic imine (C=N–C) groups is 1. The zero-order chi connectivity index (χ0) is 21.1. The van der Waals surface area contributed by atoms with Gasteiger partial charge in [0.15, 0.2) is 5.96 Å². The summed E-state index contributed by atoms with van der Waals surface area (Å²) in [5, 5.41) is 6.76. The molecule has 0 atom stereocenters. The van der Waals surface area contributed by atoms with E-state index >= 15 is 0 Å². The summed E-state index contributed by atoms with van der Waals surface area (Å²) >= 11 is 0. The van der Waals surface area contributed by atoms with Gasteiger partial charge in [0.05, 0.1) is 18.6 Å². The van der Waals surface area contributed by atoms with Crippen LogP contribution in [0.25, 0.3) is 0 Å². The predicted molar refractivity (Wildman–Crippen MR) is 134 cm³/mol. The SMILES string of the molecule is CCCOCc1ccccc1CN=C(NCC)NCC1(C(=O)N(C)C)CCCC1.I. The van der Waals surface area contributed by atoms with Gasteiger partial charge in [-0.2, -0.15) is 0 Å². The van der Waals surface area contributed by atoms with Crippen LogP contribution >= 0.6 is 24.0 Å². The van der Waals surface area contributed by atoms with Crippen molar-refractivity contribution in [3.63, 3.8) is 0 Å². The lowest BCUT2D eigenvalue weighted by atomic mass is 9.84. The summed E-state index contributed by atoms with van der Waals surface area (Å²) < 4.78 is 5.72. The van der Waals surface area contributed by atoms with E-state index < -0.39 is 0 Å². The highest BCUT2D eigenvalue weighted by molar-refractivity contribution is 14.0. The monoisotopic (exact) mass is 530 g/mol. The maximum atomic E-state index is 12.8. The number of hydrogen-bond acceptors (Lipinski definition) is 3. The van der Waals surface area contributed by atoms with Crippen LogP contribution in [0.2, 0.25) is 0 Å². The summed E-state index contributed by atoms with van der Waals surface area (Å²) in [4.78, 5) is 19.3. The number of guanidine groups is 1. The standard InChI is InChI=1S/C23H38N4O2.HI/c1-5-15-29-17-20-12-8-7-11-19(20)16-25-22(24-6-2)26-18-23(13-9-10-14-23)21(28)27(3)4;/h7-8,11-12H,5-6,9-10,13-18H2,1-4H3,(H2,24,25,26);1H. The highest BCUT2D eigenvalue weighted by Crippen LogP contribution is 2.38. The number of benzene rings is 1. The van der Waals surface area contributed by atoms with Crippen LogP contribution in [-0.2, 0) is 22.7 Å². The van der Waals surface area contributed by atoms with Crippen molar-refractivity contribution >= 4 is 35.8 Å². The second-order valence-electron chi connectivity index (χ2n) is 8.06. The molecule has 0 bridgehead atoms. The van der Waals surface area contributed by atoms with Crippen LogP contribution in [0.5, 0.6) is 0 Å². The van der Waals surface area contributed by atoms with Crippen LogP contribution in [-0.4, -0.2) is 50.6 Å². The maximum Gasteiger partial charge on any atom is 0.230 e. The molecule has 1 saturated carbocycles. The Kier molecular flexibility index (Phi) is 12.3. The van der Waals surface area contributed by atoms with Crippen molar-refractivity contribution in [1.82, 2.24) is 15.5 Å². The molecule has 1 aromatic carbocycles. The molecule has 0 aliphatic heterocycles. The first kappa shape index (κ1) is 26.7. The van der Waals surface area contributed by atoms with Crippen molar-refractivity contribution in [2.45, 2.75) is 59.1 Å². The lowest BCUT2D eigenvalue weighted by molar-refractivity contribution is -0.138. The molecule has 1 fully saturated rings. The van der Waals surface area contributed by atoms with Gasteiger partial charge in [-0.25, -0.2) is 4.99 Å². The smallest absolute Gasteiger partial charge is 0.230 e. The van der Waals surface area contributed by atoms with E-state index in [1.54, 1.807) is 4.90 Å². The van der Waals surface area contributed by atoms with Gasteiger partial charge in [-0.3, -0.25) is 4.79 Å². The molecule has 0 spiro atoms. The first-order valence-corrected chi connectivity index (χ1v) is 10.9. The largest absolute Gasteiger partial charge is 0.377 e. The number of ether oxygens (including phenoxy) is 1. The summed E-state index contributed by atoms with van der Waals surface area (Å²) in [6.45, 7) is 7.53. The molecule has 0 heterocycles. The average Bonchev–Trinajstić information content (AvgIpc) is 3.20. The summed E-state index contributed by atoms with van der Waals surface area (Å²) in [5.41, 5.74) is 2.03. The lowest BCUT2D eigenvalue weighted by Crippen LogP contribution is -2.49. The van der Waals surface area contributed by atoms with Crippen LogP contribution in [0.3, 0.4) is 0 Å². The summed E-state index contributed by atoms with van der Waals surface area (Å²) in [7, 11) is 3.69. The maximum absolute atomic E-state index is 12.8. The van der Waals surface area contributed by atoms with Gasteiger partial charge in [-0.1, -0.05) is 44.0 Å². The van der Waals surface area contributed by atoms with Crippen molar-refractivity contribution < 1.29 is 9.53 Å². The van der Waals surface area contributed by atoms with E-state index in [2.05, 4.69) is 36.6 Å². The number of rotatable bonds is 10. The van der Waals surface area contributed by atoms with Crippen LogP contribution in [0.15, 0.2) is 29.3 Å². The van der Waals surface area contributed by atoms with Gasteiger partial charge in [0.2, 0.25) is 5.91 Å². The predicted octanol–water partition coefficient (Wildman–Crippen LogP) is 3.93. The van der Waals surface area contributed by atoms with Crippen LogP contribution < -0.4 is 10.6 Å². The summed E-state index contributed by atoms with van der Waals surface area (Å²) in [5.74, 6) is 0.978. The van der Waals surface area contributed by atoms with Crippen molar-refractivity contribution in [1.29, 1.82) is 0 Å². The number of carbonyl (C=O) groups excluding carboxylic acids is 1. The molecule has 0 radical (unpaired) electrons. The quantitative estimate of drug-likeness (QED) is 0.208. The molecule has 7 heteroatoms. The molecule has 1 aliphatic carbocycles. The number of hydrogen-bond donors (Lipinski definition) is 2. The number of halogens is 1. The first-order chi connectivity index (χ1) is 14.0. The molecule has 170 valence electrons. The number of carbonyl (C=O) groups is 1. The van der Waals surface area contributed by atoms with E-state index in [0.29, 0.717) is 19.7 Å². The first-order valence-electron chi connectivity index (χ1n) is 10.9. The van der Waals surface area contributed by atoms with Crippen molar-refractivity contribution in [3.8, 4) is 0 Å². The molecule has 0 aromatic heterocycles. The van der Waals surface area contributed by atoms with E-state index in [-0.39, 0.29) is 35.3 Å². The van der Waals surface area contributed by atoms with Gasteiger partial charge < -0.3 is 20.3 Å². The van der Waals surface area contributed by atoms with Gasteiger partial charge in [0.1, 0.15) is 0 Å². The minimum absolute atomic E-state index is 0. The molecule has 0 unspecified atom stereocenters. The fraction of sp³-hybridized carbons (Fsp3) is 0.652. The number of nitrogens with one attached hydrogen (secondary N) is 2. The molecule has 6 nitrogen and oxygen atoms in total. The number of amides is 1. The molecule has 1 aromatic rings. The molecule has 1 aliphatic rings. The zero-order valence-electron chi connectivity index (χ0n) is 19.0. The van der Waals surface area contributed by atoms with Gasteiger partial charge in [-0.05, 0) is 37.3 Å². The molecule has 2 rings (SSSR count). The van der Waals surface area contributed by atoms with Gasteiger partial charge in [-0.15, -0.1) is 24.0 Å². The van der Waals surface area contributed by atoms with Gasteiger partial charge in [0.25, 0.3) is 0 Å². The third-order valence-electron chi connectivity index (χ3n) is 5.49. The Bertz CT molecular complexity index is 673. The van der Waals surface area contributed by atoms with E-state index in [4.69, 9.17) is 9.73 Å². The van der Waals surface area contributed by atoms with Crippen molar-refractivity contribution in [2.75, 3.05) is 33.8 Å². The Morgan fingerprint density at radius 3 is 2.40 bits per heavy atom. The van der Waals surface area contributed by atoms with Crippen molar-refractivity contribution in [3.05, 3.63) is 35.4 Å². The van der Waals surface area contributed by atoms with Crippen LogP contribution in [0, 0.1) is 5.41 Å². The van der Waals surface area contributed by atoms with E-state index in [1.807, 2.05) is 26.2 Å². The van der Waals surface area contributed by atoms with Crippen LogP contribution in [0.1, 0.15) is 57.1 Å². The van der Waals surface area contributed by atoms with Crippen LogP contribution in [0.4, 0.5) is 0 Å². The second-order valence-corrected chi connectivity index (χ2v) is 8.06. The normalized spacial score (nSPS) is 15.4. The van der Waals surface area contributed by atoms with Gasteiger partial charge in [0, 0.05) is 33.8 Å². The third-order valence-corrected chi connectivity index (χ3v) is 5.49. The summed E-state index contributed by atoms with van der Waals surface area (Å²) in [6, 6.07) is 8.28. The van der Waals surface area contributed by atoms with Gasteiger partial charge >= 0.3 is 0 Å². The Morgan fingerprint density at radius 1 is 1.13 bits per heavy atom. The third kappa shape index (κ3) is 7.72. The minimum Gasteiger partial charge on any atom is -0.377 e. The second kappa shape index (κ2) is 13.9. The van der Waals surface area contributed by atoms with Crippen molar-refractivity contribution in [2.24, 2.45) is 10.4 Å². The number of nitrogens with zero attached hydrogens (tertiary/aromatic N) is 2. The highest BCUT2D eigenvalue weighted by Gasteiger charge is 2.42. The molecule has 0 saturated heterocycles. The Balaban J connectivity index is 0.00000450. The topological polar surface area (TPSA) is 66.0 Å². The van der Waals surface area contributed by atoms with E-state index in [1.165, 1.54) is 11.1 Å². The fourth-order valence-corrected chi connectivity index (χ4v) is 3.93. The Morgan fingerprint density at radius 2 is 1.80 bits per heavy atom. The summed E-state index contributed by atoms with van der Waals surface area (Å²) in [6.07, 6.45) is 5.12. The zero-order valence-corrected chi connectivity index (χ0v) is 21.3. The molecular weight excluding hydrogens is 491 g/mol. The molecule has 2 N–H and O–H groups in total.